The van der Waals surface area contributed by atoms with E-state index in [2.05, 4.69) is 41.5 Å². The molecule has 0 saturated heterocycles. The molecule has 0 N–H and O–H groups in total. The predicted octanol–water partition coefficient (Wildman–Crippen LogP) is 7.07. The Morgan fingerprint density at radius 3 is 2.40 bits per heavy atom. The van der Waals surface area contributed by atoms with Gasteiger partial charge in [0, 0.05) is 76.0 Å². The number of methoxy groups -OCH3 is 1. The Morgan fingerprint density at radius 2 is 1.77 bits per heavy atom. The highest BCUT2D eigenvalue weighted by atomic mass is 16.5. The first-order chi connectivity index (χ1) is 19.1. The number of nitrogens with zero attached hydrogens (tertiary/aromatic N) is 2. The lowest BCUT2D eigenvalue weighted by atomic mass is 9.76. The van der Waals surface area contributed by atoms with Gasteiger partial charge in [-0.1, -0.05) is 48.0 Å². The molecule has 1 fully saturated rings. The van der Waals surface area contributed by atoms with Crippen molar-refractivity contribution in [2.24, 2.45) is 29.6 Å². The smallest absolute Gasteiger partial charge is 0.231 e. The van der Waals surface area contributed by atoms with Gasteiger partial charge in [-0.2, -0.15) is 0 Å². The van der Waals surface area contributed by atoms with E-state index in [1.165, 1.54) is 0 Å². The minimum atomic E-state index is -0.172. The normalized spacial score (nSPS) is 18.4. The number of ether oxygens (including phenoxy) is 3. The van der Waals surface area contributed by atoms with Gasteiger partial charge in [0.1, 0.15) is 17.4 Å². The predicted molar refractivity (Wildman–Crippen MR) is 162 cm³/mol. The highest BCUT2D eigenvalue weighted by Crippen LogP contribution is 2.35. The Bertz CT molecular complexity index is 901. The van der Waals surface area contributed by atoms with Crippen LogP contribution in [-0.2, 0) is 19.1 Å². The molecule has 3 atom stereocenters. The zero-order valence-corrected chi connectivity index (χ0v) is 26.5. The van der Waals surface area contributed by atoms with Crippen LogP contribution in [0.4, 0.5) is 5.82 Å². The van der Waals surface area contributed by atoms with Crippen LogP contribution >= 0.6 is 0 Å². The Kier molecular flexibility index (Phi) is 15.2. The molecular weight excluding hydrogens is 504 g/mol. The maximum Gasteiger partial charge on any atom is 0.231 e. The second kappa shape index (κ2) is 17.7. The Balaban J connectivity index is 2.21. The fraction of sp³-hybridized carbons (Fsp3) is 0.788. The number of hydrogen-bond donors (Lipinski definition) is 0. The van der Waals surface area contributed by atoms with Crippen LogP contribution in [-0.4, -0.2) is 56.8 Å². The molecule has 0 aromatic carbocycles. The fourth-order valence-electron chi connectivity index (χ4n) is 5.73. The average molecular weight is 561 g/mol. The Morgan fingerprint density at radius 1 is 1.05 bits per heavy atom. The van der Waals surface area contributed by atoms with Crippen LogP contribution in [0.2, 0.25) is 0 Å². The zero-order chi connectivity index (χ0) is 29.7. The lowest BCUT2D eigenvalue weighted by Gasteiger charge is -2.33. The zero-order valence-electron chi connectivity index (χ0n) is 26.5. The van der Waals surface area contributed by atoms with Crippen LogP contribution in [0.5, 0.6) is 5.75 Å². The van der Waals surface area contributed by atoms with Gasteiger partial charge >= 0.3 is 0 Å². The van der Waals surface area contributed by atoms with Crippen molar-refractivity contribution in [3.63, 3.8) is 0 Å². The van der Waals surface area contributed by atoms with Gasteiger partial charge in [-0.15, -0.1) is 0 Å². The molecule has 40 heavy (non-hydrogen) atoms. The summed E-state index contributed by atoms with van der Waals surface area (Å²) < 4.78 is 17.0. The van der Waals surface area contributed by atoms with Crippen LogP contribution in [0.3, 0.4) is 0 Å². The van der Waals surface area contributed by atoms with Gasteiger partial charge in [0.25, 0.3) is 0 Å². The number of amides is 1. The molecule has 7 nitrogen and oxygen atoms in total. The van der Waals surface area contributed by atoms with Crippen molar-refractivity contribution >= 4 is 17.5 Å². The van der Waals surface area contributed by atoms with Crippen molar-refractivity contribution in [1.29, 1.82) is 0 Å². The molecule has 2 rings (SSSR count). The molecule has 1 aliphatic rings. The summed E-state index contributed by atoms with van der Waals surface area (Å²) in [4.78, 5) is 34.0. The second-order valence-corrected chi connectivity index (χ2v) is 12.7. The number of carbonyl (C=O) groups is 2. The van der Waals surface area contributed by atoms with Gasteiger partial charge < -0.3 is 14.2 Å². The minimum absolute atomic E-state index is 0.0594. The number of aromatic nitrogens is 1. The highest BCUT2D eigenvalue weighted by molar-refractivity contribution is 5.95. The maximum absolute atomic E-state index is 14.0. The van der Waals surface area contributed by atoms with Crippen LogP contribution in [0, 0.1) is 29.6 Å². The van der Waals surface area contributed by atoms with Gasteiger partial charge in [-0.05, 0) is 56.3 Å². The first-order valence-electron chi connectivity index (χ1n) is 15.6. The van der Waals surface area contributed by atoms with Crippen molar-refractivity contribution in [3.05, 3.63) is 17.8 Å². The van der Waals surface area contributed by atoms with Gasteiger partial charge in [0.15, 0.2) is 0 Å². The van der Waals surface area contributed by atoms with E-state index >= 15 is 0 Å². The monoisotopic (exact) mass is 560 g/mol. The molecule has 1 aromatic rings. The van der Waals surface area contributed by atoms with Crippen LogP contribution in [0.15, 0.2) is 12.3 Å². The summed E-state index contributed by atoms with van der Waals surface area (Å²) in [5.74, 6) is 2.84. The van der Waals surface area contributed by atoms with Crippen LogP contribution in [0.25, 0.3) is 0 Å². The summed E-state index contributed by atoms with van der Waals surface area (Å²) in [6.45, 7) is 17.9. The number of carbonyl (C=O) groups excluding carboxylic acids is 2. The first-order valence-corrected chi connectivity index (χ1v) is 15.6. The Hall–Kier alpha value is -1.99. The third-order valence-electron chi connectivity index (χ3n) is 7.67. The summed E-state index contributed by atoms with van der Waals surface area (Å²) in [6, 6.07) is 1.93. The molecule has 1 aromatic heterocycles. The second-order valence-electron chi connectivity index (χ2n) is 12.7. The average Bonchev–Trinajstić information content (AvgIpc) is 2.91. The Labute approximate surface area is 243 Å². The quantitative estimate of drug-likeness (QED) is 0.179. The summed E-state index contributed by atoms with van der Waals surface area (Å²) in [5, 5.41) is 0. The lowest BCUT2D eigenvalue weighted by molar-refractivity contribution is -0.128. The fourth-order valence-corrected chi connectivity index (χ4v) is 5.73. The SMILES string of the molecule is CCOC[C@H](CC(=O)[C@@H]1CCC[C@H](C(=O)N(CC(C)C)c2cc(OCCCOC)c(C(C)C)cn2)C1)CC(C)C. The van der Waals surface area contributed by atoms with E-state index in [4.69, 9.17) is 19.2 Å². The topological polar surface area (TPSA) is 78.0 Å². The van der Waals surface area contributed by atoms with Gasteiger partial charge in [-0.25, -0.2) is 4.98 Å². The molecule has 1 heterocycles. The number of hydrogen-bond acceptors (Lipinski definition) is 6. The molecule has 1 amide bonds. The van der Waals surface area contributed by atoms with Gasteiger partial charge in [-0.3, -0.25) is 14.5 Å². The standard InChI is InChI=1S/C33H56N2O5/c1-9-39-22-26(16-23(2)3)17-30(36)27-12-10-13-28(18-27)33(37)35(21-24(4)5)32-19-31(40-15-11-14-38-8)29(20-34-32)25(6)7/h19-20,23-28H,9-18,21-22H2,1-8H3/t26-,27+,28-/m0/s1. The number of ketones is 1. The minimum Gasteiger partial charge on any atom is -0.493 e. The van der Waals surface area contributed by atoms with E-state index in [-0.39, 0.29) is 35.5 Å². The van der Waals surface area contributed by atoms with Gasteiger partial charge in [0.05, 0.1) is 6.61 Å². The maximum atomic E-state index is 14.0. The van der Waals surface area contributed by atoms with Crippen LogP contribution in [0.1, 0.15) is 105 Å². The largest absolute Gasteiger partial charge is 0.493 e. The van der Waals surface area contributed by atoms with E-state index in [1.54, 1.807) is 7.11 Å². The first kappa shape index (κ1) is 34.2. The van der Waals surface area contributed by atoms with Crippen molar-refractivity contribution in [2.45, 2.75) is 99.3 Å². The summed E-state index contributed by atoms with van der Waals surface area (Å²) >= 11 is 0. The van der Waals surface area contributed by atoms with E-state index in [9.17, 15) is 9.59 Å². The number of rotatable bonds is 18. The van der Waals surface area contributed by atoms with Crippen molar-refractivity contribution in [2.75, 3.05) is 45.0 Å². The molecular formula is C33H56N2O5. The third kappa shape index (κ3) is 11.1. The molecule has 0 bridgehead atoms. The highest BCUT2D eigenvalue weighted by Gasteiger charge is 2.35. The van der Waals surface area contributed by atoms with E-state index in [1.807, 2.05) is 24.1 Å². The van der Waals surface area contributed by atoms with E-state index < -0.39 is 0 Å². The molecule has 1 aliphatic carbocycles. The number of pyridine rings is 1. The molecule has 7 heteroatoms. The lowest BCUT2D eigenvalue weighted by Crippen LogP contribution is -2.41. The molecule has 0 unspecified atom stereocenters. The molecule has 0 radical (unpaired) electrons. The summed E-state index contributed by atoms with van der Waals surface area (Å²) in [7, 11) is 1.69. The molecule has 1 saturated carbocycles. The third-order valence-corrected chi connectivity index (χ3v) is 7.67. The summed E-state index contributed by atoms with van der Waals surface area (Å²) in [6.07, 6.45) is 7.38. The van der Waals surface area contributed by atoms with Gasteiger partial charge in [0.2, 0.25) is 5.91 Å². The number of Topliss-reactive ketones (excluding diaryl/α,β-unsaturated/α-hetero) is 1. The molecule has 0 aliphatic heterocycles. The van der Waals surface area contributed by atoms with E-state index in [0.29, 0.717) is 63.3 Å². The number of anilines is 1. The molecule has 228 valence electrons. The van der Waals surface area contributed by atoms with Crippen molar-refractivity contribution in [3.8, 4) is 5.75 Å². The molecule has 0 spiro atoms. The van der Waals surface area contributed by atoms with Crippen LogP contribution < -0.4 is 9.64 Å². The van der Waals surface area contributed by atoms with Crippen molar-refractivity contribution < 1.29 is 23.8 Å². The summed E-state index contributed by atoms with van der Waals surface area (Å²) in [5.41, 5.74) is 1.03. The van der Waals surface area contributed by atoms with E-state index in [0.717, 1.165) is 43.4 Å². The van der Waals surface area contributed by atoms with Crippen molar-refractivity contribution in [1.82, 2.24) is 4.98 Å².